The van der Waals surface area contributed by atoms with Gasteiger partial charge < -0.3 is 9.47 Å². The van der Waals surface area contributed by atoms with Crippen LogP contribution in [0.3, 0.4) is 0 Å². The number of ether oxygens (including phenoxy) is 2. The van der Waals surface area contributed by atoms with Crippen LogP contribution in [0.5, 0.6) is 5.75 Å². The van der Waals surface area contributed by atoms with Crippen molar-refractivity contribution in [1.29, 1.82) is 0 Å². The Bertz CT molecular complexity index is 991. The molecule has 3 rings (SSSR count). The number of aryl methyl sites for hydroxylation is 1. The summed E-state index contributed by atoms with van der Waals surface area (Å²) in [6, 6.07) is 10.5. The summed E-state index contributed by atoms with van der Waals surface area (Å²) < 4.78 is 35.9. The van der Waals surface area contributed by atoms with Crippen molar-refractivity contribution >= 4 is 28.9 Å². The Balaban J connectivity index is 1.96. The lowest BCUT2D eigenvalue weighted by atomic mass is 10.2. The van der Waals surface area contributed by atoms with Crippen LogP contribution < -0.4 is 9.54 Å². The zero-order valence-corrected chi connectivity index (χ0v) is 17.0. The molecule has 0 aliphatic rings. The number of hydrogen-bond acceptors (Lipinski definition) is 6. The first-order valence-corrected chi connectivity index (χ1v) is 10.1. The average molecular weight is 424 g/mol. The zero-order valence-electron chi connectivity index (χ0n) is 15.3. The molecule has 5 nitrogen and oxygen atoms in total. The number of hydrogen-bond donors (Lipinski definition) is 0. The molecule has 1 aromatic carbocycles. The summed E-state index contributed by atoms with van der Waals surface area (Å²) in [7, 11) is 1.63. The van der Waals surface area contributed by atoms with Gasteiger partial charge in [-0.05, 0) is 43.3 Å². The van der Waals surface area contributed by atoms with E-state index in [-0.39, 0.29) is 5.75 Å². The van der Waals surface area contributed by atoms with Crippen molar-refractivity contribution in [2.75, 3.05) is 20.3 Å². The summed E-state index contributed by atoms with van der Waals surface area (Å²) in [6.07, 6.45) is 1.79. The molecular weight excluding hydrogens is 404 g/mol. The second kappa shape index (κ2) is 9.72. The second-order valence-electron chi connectivity index (χ2n) is 5.69. The van der Waals surface area contributed by atoms with Crippen LogP contribution in [-0.4, -0.2) is 37.8 Å². The van der Waals surface area contributed by atoms with Crippen LogP contribution in [0.1, 0.15) is 9.75 Å². The van der Waals surface area contributed by atoms with Crippen molar-refractivity contribution in [1.82, 2.24) is 4.68 Å². The van der Waals surface area contributed by atoms with Crippen LogP contribution in [0.15, 0.2) is 51.9 Å². The normalized spacial score (nSPS) is 12.4. The molecule has 3 aromatic rings. The van der Waals surface area contributed by atoms with Gasteiger partial charge in [-0.25, -0.2) is 4.68 Å². The zero-order chi connectivity index (χ0) is 19.9. The van der Waals surface area contributed by atoms with Crippen LogP contribution in [0, 0.1) is 6.92 Å². The predicted octanol–water partition coefficient (Wildman–Crippen LogP) is 4.62. The van der Waals surface area contributed by atoms with Gasteiger partial charge in [-0.1, -0.05) is 0 Å². The van der Waals surface area contributed by atoms with Crippen LogP contribution in [-0.2, 0) is 4.74 Å². The Hall–Kier alpha value is -2.36. The van der Waals surface area contributed by atoms with Gasteiger partial charge in [0.2, 0.25) is 4.80 Å². The molecule has 2 heterocycles. The van der Waals surface area contributed by atoms with Crippen molar-refractivity contribution in [2.45, 2.75) is 13.5 Å². The lowest BCUT2D eigenvalue weighted by molar-refractivity contribution is -0.0498. The van der Waals surface area contributed by atoms with Crippen LogP contribution in [0.2, 0.25) is 0 Å². The lowest BCUT2D eigenvalue weighted by Gasteiger charge is -2.06. The number of aromatic nitrogens is 1. The highest BCUT2D eigenvalue weighted by molar-refractivity contribution is 7.13. The topological polar surface area (TPSA) is 48.1 Å². The van der Waals surface area contributed by atoms with Gasteiger partial charge in [0.1, 0.15) is 5.75 Å². The molecule has 0 atom stereocenters. The van der Waals surface area contributed by atoms with E-state index in [9.17, 15) is 8.78 Å². The van der Waals surface area contributed by atoms with E-state index in [0.717, 1.165) is 20.9 Å². The molecule has 0 aliphatic carbocycles. The van der Waals surface area contributed by atoms with Gasteiger partial charge >= 0.3 is 6.61 Å². The summed E-state index contributed by atoms with van der Waals surface area (Å²) in [6.45, 7) is 0.230. The maximum atomic E-state index is 12.4. The van der Waals surface area contributed by atoms with E-state index in [2.05, 4.69) is 14.8 Å². The molecule has 0 aliphatic heterocycles. The molecular formula is C19H19F2N3O2S2. The fourth-order valence-corrected chi connectivity index (χ4v) is 4.00. The number of benzene rings is 1. The van der Waals surface area contributed by atoms with Crippen molar-refractivity contribution in [3.05, 3.63) is 56.3 Å². The molecule has 0 fully saturated rings. The van der Waals surface area contributed by atoms with Crippen molar-refractivity contribution in [3.8, 4) is 17.0 Å². The molecule has 0 N–H and O–H groups in total. The Labute approximate surface area is 169 Å². The van der Waals surface area contributed by atoms with Crippen LogP contribution >= 0.6 is 22.7 Å². The van der Waals surface area contributed by atoms with Gasteiger partial charge in [0.05, 0.1) is 25.1 Å². The van der Waals surface area contributed by atoms with Gasteiger partial charge in [0, 0.05) is 27.8 Å². The molecule has 0 bridgehead atoms. The molecule has 0 amide bonds. The number of nitrogens with zero attached hydrogens (tertiary/aromatic N) is 3. The Morgan fingerprint density at radius 2 is 1.96 bits per heavy atom. The largest absolute Gasteiger partial charge is 0.435 e. The van der Waals surface area contributed by atoms with E-state index >= 15 is 0 Å². The van der Waals surface area contributed by atoms with Crippen molar-refractivity contribution in [3.63, 3.8) is 0 Å². The van der Waals surface area contributed by atoms with E-state index < -0.39 is 6.61 Å². The summed E-state index contributed by atoms with van der Waals surface area (Å²) in [5, 5.41) is 6.54. The molecule has 2 aromatic heterocycles. The molecule has 148 valence electrons. The van der Waals surface area contributed by atoms with Crippen LogP contribution in [0.4, 0.5) is 8.78 Å². The molecule has 0 saturated carbocycles. The second-order valence-corrected chi connectivity index (χ2v) is 7.84. The maximum Gasteiger partial charge on any atom is 0.387 e. The third-order valence-corrected chi connectivity index (χ3v) is 5.45. The minimum absolute atomic E-state index is 0.114. The number of rotatable bonds is 8. The van der Waals surface area contributed by atoms with E-state index in [0.29, 0.717) is 13.2 Å². The number of thiophene rings is 1. The first-order chi connectivity index (χ1) is 13.6. The molecule has 9 heteroatoms. The first-order valence-electron chi connectivity index (χ1n) is 8.43. The molecule has 28 heavy (non-hydrogen) atoms. The summed E-state index contributed by atoms with van der Waals surface area (Å²) in [4.78, 5) is 7.50. The van der Waals surface area contributed by atoms with Gasteiger partial charge in [-0.15, -0.1) is 22.7 Å². The first kappa shape index (κ1) is 20.4. The predicted molar refractivity (Wildman–Crippen MR) is 109 cm³/mol. The highest BCUT2D eigenvalue weighted by atomic mass is 32.1. The van der Waals surface area contributed by atoms with Gasteiger partial charge in [0.25, 0.3) is 0 Å². The molecule has 0 unspecified atom stereocenters. The number of alkyl halides is 2. The highest BCUT2D eigenvalue weighted by Gasteiger charge is 2.09. The fourth-order valence-electron chi connectivity index (χ4n) is 2.39. The molecule has 0 radical (unpaired) electrons. The van der Waals surface area contributed by atoms with Crippen molar-refractivity contribution in [2.24, 2.45) is 10.1 Å². The minimum atomic E-state index is -2.85. The van der Waals surface area contributed by atoms with Gasteiger partial charge in [-0.3, -0.25) is 4.99 Å². The third-order valence-electron chi connectivity index (χ3n) is 3.66. The standard InChI is InChI=1S/C19H19F2N3O2S2/c1-13-3-8-16(28-13)11-23-24-17(12-27-19(24)22-9-10-25-2)14-4-6-15(7-5-14)26-18(20)21/h3-8,11-12,18H,9-10H2,1-2H3/b22-19?,23-11+. The number of methoxy groups -OCH3 is 1. The number of thiazole rings is 1. The molecule has 0 spiro atoms. The van der Waals surface area contributed by atoms with E-state index in [1.165, 1.54) is 28.3 Å². The van der Waals surface area contributed by atoms with E-state index in [4.69, 9.17) is 4.74 Å². The fraction of sp³-hybridized carbons (Fsp3) is 0.263. The third kappa shape index (κ3) is 5.34. The quantitative estimate of drug-likeness (QED) is 0.392. The molecule has 0 saturated heterocycles. The SMILES string of the molecule is COCCN=c1scc(-c2ccc(OC(F)F)cc2)n1/N=C/c1ccc(C)s1. The van der Waals surface area contributed by atoms with E-state index in [1.807, 2.05) is 24.4 Å². The monoisotopic (exact) mass is 423 g/mol. The van der Waals surface area contributed by atoms with Crippen LogP contribution in [0.25, 0.3) is 11.3 Å². The number of halogens is 2. The smallest absolute Gasteiger partial charge is 0.387 e. The summed E-state index contributed by atoms with van der Waals surface area (Å²) >= 11 is 3.10. The lowest BCUT2D eigenvalue weighted by Crippen LogP contribution is -2.13. The van der Waals surface area contributed by atoms with E-state index in [1.54, 1.807) is 41.5 Å². The highest BCUT2D eigenvalue weighted by Crippen LogP contribution is 2.24. The minimum Gasteiger partial charge on any atom is -0.435 e. The van der Waals surface area contributed by atoms with Gasteiger partial charge in [-0.2, -0.15) is 13.9 Å². The Morgan fingerprint density at radius 3 is 2.61 bits per heavy atom. The maximum absolute atomic E-state index is 12.4. The van der Waals surface area contributed by atoms with Gasteiger partial charge in [0.15, 0.2) is 0 Å². The van der Waals surface area contributed by atoms with Crippen molar-refractivity contribution < 1.29 is 18.3 Å². The summed E-state index contributed by atoms with van der Waals surface area (Å²) in [5.74, 6) is 0.114. The Morgan fingerprint density at radius 1 is 1.18 bits per heavy atom. The average Bonchev–Trinajstić information content (AvgIpc) is 3.26. The Kier molecular flexibility index (Phi) is 7.07. The summed E-state index contributed by atoms with van der Waals surface area (Å²) in [5.41, 5.74) is 1.64.